The summed E-state index contributed by atoms with van der Waals surface area (Å²) in [5.41, 5.74) is 9.39. The van der Waals surface area contributed by atoms with E-state index in [1.54, 1.807) is 0 Å². The fourth-order valence-corrected chi connectivity index (χ4v) is 5.11. The van der Waals surface area contributed by atoms with Gasteiger partial charge in [0.15, 0.2) is 0 Å². The lowest BCUT2D eigenvalue weighted by Gasteiger charge is -2.21. The zero-order chi connectivity index (χ0) is 32.6. The third kappa shape index (κ3) is 9.11. The predicted molar refractivity (Wildman–Crippen MR) is 196 cm³/mol. The summed E-state index contributed by atoms with van der Waals surface area (Å²) in [6.07, 6.45) is 8.64. The van der Waals surface area contributed by atoms with Gasteiger partial charge in [0.1, 0.15) is 24.7 Å². The molecule has 0 aliphatic rings. The van der Waals surface area contributed by atoms with Gasteiger partial charge in [-0.15, -0.1) is 0 Å². The molecule has 0 aliphatic heterocycles. The molecule has 5 rings (SSSR count). The Kier molecular flexibility index (Phi) is 10.3. The minimum Gasteiger partial charge on any atom is -0.488 e. The molecular weight excluding hydrogens is 560 g/mol. The number of hydrogen-bond acceptors (Lipinski definition) is 2. The Bertz CT molecular complexity index is 1630. The molecule has 0 fully saturated rings. The van der Waals surface area contributed by atoms with Gasteiger partial charge in [0.2, 0.25) is 0 Å². The van der Waals surface area contributed by atoms with E-state index >= 15 is 0 Å². The van der Waals surface area contributed by atoms with E-state index in [0.29, 0.717) is 13.2 Å². The lowest BCUT2D eigenvalue weighted by atomic mass is 9.86. The van der Waals surface area contributed by atoms with Crippen LogP contribution in [0, 0.1) is 0 Å². The van der Waals surface area contributed by atoms with Gasteiger partial charge in [0.25, 0.3) is 0 Å². The summed E-state index contributed by atoms with van der Waals surface area (Å²) in [7, 11) is 0. The number of hydrogen-bond donors (Lipinski definition) is 0. The number of benzene rings is 5. The highest BCUT2D eigenvalue weighted by Gasteiger charge is 2.17. The van der Waals surface area contributed by atoms with E-state index in [2.05, 4.69) is 151 Å². The molecule has 0 N–H and O–H groups in total. The molecule has 0 aromatic heterocycles. The van der Waals surface area contributed by atoms with Crippen LogP contribution in [0.1, 0.15) is 86.1 Å². The van der Waals surface area contributed by atoms with Gasteiger partial charge in [0.05, 0.1) is 0 Å². The van der Waals surface area contributed by atoms with E-state index in [1.807, 2.05) is 36.4 Å². The third-order valence-electron chi connectivity index (χ3n) is 8.07. The predicted octanol–water partition coefficient (Wildman–Crippen LogP) is 11.8. The van der Waals surface area contributed by atoms with Crippen molar-refractivity contribution in [3.63, 3.8) is 0 Å². The van der Waals surface area contributed by atoms with Crippen LogP contribution in [0.2, 0.25) is 0 Å². The lowest BCUT2D eigenvalue weighted by Crippen LogP contribution is -2.11. The quantitative estimate of drug-likeness (QED) is 0.147. The standard InChI is InChI=1S/C44H46O2/c1-43(2,3)39-25-27-41(45-31-35-13-9-7-10-14-35)37(29-39)23-21-33-17-19-34(20-18-33)22-24-38-30-40(44(4,5)6)26-28-42(38)46-32-36-15-11-8-12-16-36/h7-30H,31-32H2,1-6H3/b23-21+,24-22+. The molecule has 0 saturated heterocycles. The Morgan fingerprint density at radius 1 is 0.435 bits per heavy atom. The second kappa shape index (κ2) is 14.5. The molecule has 5 aromatic rings. The zero-order valence-electron chi connectivity index (χ0n) is 28.1. The molecule has 2 nitrogen and oxygen atoms in total. The summed E-state index contributed by atoms with van der Waals surface area (Å²) in [5.74, 6) is 1.77. The summed E-state index contributed by atoms with van der Waals surface area (Å²) < 4.78 is 12.6. The molecule has 0 atom stereocenters. The highest BCUT2D eigenvalue weighted by molar-refractivity contribution is 5.76. The van der Waals surface area contributed by atoms with Gasteiger partial charge in [-0.2, -0.15) is 0 Å². The van der Waals surface area contributed by atoms with Crippen LogP contribution < -0.4 is 9.47 Å². The molecule has 0 spiro atoms. The van der Waals surface area contributed by atoms with Crippen LogP contribution in [0.4, 0.5) is 0 Å². The summed E-state index contributed by atoms with van der Waals surface area (Å²) in [6.45, 7) is 14.5. The Labute approximate surface area is 276 Å². The van der Waals surface area contributed by atoms with Crippen molar-refractivity contribution in [3.8, 4) is 11.5 Å². The highest BCUT2D eigenvalue weighted by Crippen LogP contribution is 2.31. The van der Waals surface area contributed by atoms with E-state index in [0.717, 1.165) is 44.9 Å². The average molecular weight is 607 g/mol. The minimum absolute atomic E-state index is 0.0490. The van der Waals surface area contributed by atoms with E-state index in [1.165, 1.54) is 11.1 Å². The summed E-state index contributed by atoms with van der Waals surface area (Å²) >= 11 is 0. The molecule has 0 unspecified atom stereocenters. The van der Waals surface area contributed by atoms with Crippen molar-refractivity contribution < 1.29 is 9.47 Å². The Morgan fingerprint density at radius 3 is 1.15 bits per heavy atom. The molecule has 0 saturated carbocycles. The third-order valence-corrected chi connectivity index (χ3v) is 8.07. The van der Waals surface area contributed by atoms with Crippen molar-refractivity contribution in [3.05, 3.63) is 166 Å². The molecule has 0 aliphatic carbocycles. The lowest BCUT2D eigenvalue weighted by molar-refractivity contribution is 0.305. The topological polar surface area (TPSA) is 18.5 Å². The van der Waals surface area contributed by atoms with Gasteiger partial charge in [0, 0.05) is 11.1 Å². The van der Waals surface area contributed by atoms with Crippen LogP contribution in [0.5, 0.6) is 11.5 Å². The first-order valence-corrected chi connectivity index (χ1v) is 16.1. The van der Waals surface area contributed by atoms with E-state index in [9.17, 15) is 0 Å². The highest BCUT2D eigenvalue weighted by atomic mass is 16.5. The van der Waals surface area contributed by atoms with Crippen molar-refractivity contribution in [2.24, 2.45) is 0 Å². The molecule has 0 radical (unpaired) electrons. The molecule has 0 heterocycles. The van der Waals surface area contributed by atoms with Gasteiger partial charge in [-0.05, 0) is 68.5 Å². The second-order valence-electron chi connectivity index (χ2n) is 13.9. The van der Waals surface area contributed by atoms with Gasteiger partial charge in [-0.25, -0.2) is 0 Å². The second-order valence-corrected chi connectivity index (χ2v) is 13.9. The molecule has 0 bridgehead atoms. The monoisotopic (exact) mass is 606 g/mol. The smallest absolute Gasteiger partial charge is 0.127 e. The molecule has 5 aromatic carbocycles. The Morgan fingerprint density at radius 2 is 0.804 bits per heavy atom. The number of rotatable bonds is 10. The van der Waals surface area contributed by atoms with Gasteiger partial charge < -0.3 is 9.47 Å². The van der Waals surface area contributed by atoms with Gasteiger partial charge in [-0.3, -0.25) is 0 Å². The van der Waals surface area contributed by atoms with Crippen molar-refractivity contribution in [1.29, 1.82) is 0 Å². The number of ether oxygens (including phenoxy) is 2. The molecule has 2 heteroatoms. The SMILES string of the molecule is CC(C)(C)c1ccc(OCc2ccccc2)c(/C=C/c2ccc(/C=C/c3cc(C(C)(C)C)ccc3OCc3ccccc3)cc2)c1. The Hall–Kier alpha value is -4.82. The normalized spacial score (nSPS) is 12.1. The van der Waals surface area contributed by atoms with E-state index in [-0.39, 0.29) is 10.8 Å². The van der Waals surface area contributed by atoms with Crippen LogP contribution in [0.15, 0.2) is 121 Å². The first kappa shape index (κ1) is 32.6. The maximum Gasteiger partial charge on any atom is 0.127 e. The summed E-state index contributed by atoms with van der Waals surface area (Å²) in [4.78, 5) is 0. The van der Waals surface area contributed by atoms with Crippen LogP contribution in [-0.2, 0) is 24.0 Å². The Balaban J connectivity index is 1.34. The van der Waals surface area contributed by atoms with Crippen LogP contribution in [0.3, 0.4) is 0 Å². The largest absolute Gasteiger partial charge is 0.488 e. The van der Waals surface area contributed by atoms with Gasteiger partial charge in [-0.1, -0.05) is 163 Å². The van der Waals surface area contributed by atoms with Crippen molar-refractivity contribution in [2.45, 2.75) is 65.6 Å². The van der Waals surface area contributed by atoms with E-state index < -0.39 is 0 Å². The molecule has 46 heavy (non-hydrogen) atoms. The van der Waals surface area contributed by atoms with Crippen LogP contribution >= 0.6 is 0 Å². The van der Waals surface area contributed by atoms with Gasteiger partial charge >= 0.3 is 0 Å². The van der Waals surface area contributed by atoms with Crippen molar-refractivity contribution in [2.75, 3.05) is 0 Å². The first-order valence-electron chi connectivity index (χ1n) is 16.1. The molecule has 0 amide bonds. The maximum absolute atomic E-state index is 6.28. The summed E-state index contributed by atoms with van der Waals surface area (Å²) in [6, 6.07) is 42.3. The first-order chi connectivity index (χ1) is 22.0. The van der Waals surface area contributed by atoms with Crippen LogP contribution in [-0.4, -0.2) is 0 Å². The van der Waals surface area contributed by atoms with Crippen LogP contribution in [0.25, 0.3) is 24.3 Å². The molecule has 234 valence electrons. The maximum atomic E-state index is 6.28. The summed E-state index contributed by atoms with van der Waals surface area (Å²) in [5, 5.41) is 0. The van der Waals surface area contributed by atoms with Crippen molar-refractivity contribution >= 4 is 24.3 Å². The fourth-order valence-electron chi connectivity index (χ4n) is 5.11. The molecular formula is C44H46O2. The average Bonchev–Trinajstić information content (AvgIpc) is 3.05. The van der Waals surface area contributed by atoms with Crippen molar-refractivity contribution in [1.82, 2.24) is 0 Å². The van der Waals surface area contributed by atoms with E-state index in [4.69, 9.17) is 9.47 Å². The fraction of sp³-hybridized carbons (Fsp3) is 0.227. The minimum atomic E-state index is 0.0490. The zero-order valence-corrected chi connectivity index (χ0v) is 28.1.